The topological polar surface area (TPSA) is 32.9 Å². The molecule has 1 aromatic carbocycles. The Hall–Kier alpha value is -1.16. The van der Waals surface area contributed by atoms with Gasteiger partial charge in [0.1, 0.15) is 5.82 Å². The first-order valence-electron chi connectivity index (χ1n) is 4.08. The Balaban J connectivity index is 2.64. The minimum atomic E-state index is -0.308. The van der Waals surface area contributed by atoms with Crippen LogP contribution in [0.3, 0.4) is 0 Å². The molecule has 72 valence electrons. The number of nitrogens with one attached hydrogen (secondary N) is 1. The number of rotatable bonds is 2. The first kappa shape index (κ1) is 9.40. The average Bonchev–Trinajstić information content (AvgIpc) is 2.59. The van der Waals surface area contributed by atoms with Crippen molar-refractivity contribution in [3.63, 3.8) is 0 Å². The molecule has 0 fully saturated rings. The number of halogens is 2. The second kappa shape index (κ2) is 3.53. The monoisotopic (exact) mass is 255 g/mol. The SMILES string of the molecule is O=C(CBr)c1c[nH]c2cc(F)ccc12. The summed E-state index contributed by atoms with van der Waals surface area (Å²) in [5, 5.41) is 1.04. The summed E-state index contributed by atoms with van der Waals surface area (Å²) in [5.41, 5.74) is 1.24. The quantitative estimate of drug-likeness (QED) is 0.650. The molecule has 1 heterocycles. The van der Waals surface area contributed by atoms with Gasteiger partial charge in [-0.3, -0.25) is 4.79 Å². The molecular formula is C10H7BrFNO. The van der Waals surface area contributed by atoms with E-state index in [0.717, 1.165) is 5.39 Å². The minimum absolute atomic E-state index is 0.0112. The number of ketones is 1. The van der Waals surface area contributed by atoms with Crippen LogP contribution >= 0.6 is 15.9 Å². The summed E-state index contributed by atoms with van der Waals surface area (Å²) in [5.74, 6) is -0.319. The smallest absolute Gasteiger partial charge is 0.175 e. The lowest BCUT2D eigenvalue weighted by molar-refractivity contribution is 0.102. The highest BCUT2D eigenvalue weighted by atomic mass is 79.9. The van der Waals surface area contributed by atoms with E-state index in [1.54, 1.807) is 12.3 Å². The molecule has 1 aromatic heterocycles. The maximum absolute atomic E-state index is 12.8. The van der Waals surface area contributed by atoms with Crippen LogP contribution < -0.4 is 0 Å². The summed E-state index contributed by atoms with van der Waals surface area (Å²) in [6.07, 6.45) is 1.60. The second-order valence-electron chi connectivity index (χ2n) is 2.95. The zero-order chi connectivity index (χ0) is 10.1. The normalized spacial score (nSPS) is 10.7. The van der Waals surface area contributed by atoms with Gasteiger partial charge in [-0.25, -0.2) is 4.39 Å². The number of aromatic nitrogens is 1. The molecule has 4 heteroatoms. The third kappa shape index (κ3) is 1.46. The van der Waals surface area contributed by atoms with Crippen LogP contribution in [0.25, 0.3) is 10.9 Å². The summed E-state index contributed by atoms with van der Waals surface area (Å²) < 4.78 is 12.8. The lowest BCUT2D eigenvalue weighted by Gasteiger charge is -1.94. The molecule has 0 unspecified atom stereocenters. The van der Waals surface area contributed by atoms with E-state index in [0.29, 0.717) is 11.1 Å². The van der Waals surface area contributed by atoms with Crippen LogP contribution in [0, 0.1) is 5.82 Å². The molecule has 0 saturated heterocycles. The van der Waals surface area contributed by atoms with Gasteiger partial charge in [0.2, 0.25) is 0 Å². The molecule has 0 amide bonds. The summed E-state index contributed by atoms with van der Waals surface area (Å²) in [4.78, 5) is 14.3. The predicted octanol–water partition coefficient (Wildman–Crippen LogP) is 2.88. The Labute approximate surface area is 88.2 Å². The molecule has 14 heavy (non-hydrogen) atoms. The van der Waals surface area contributed by atoms with E-state index in [1.165, 1.54) is 12.1 Å². The fourth-order valence-electron chi connectivity index (χ4n) is 1.40. The molecule has 0 aliphatic carbocycles. The highest BCUT2D eigenvalue weighted by Gasteiger charge is 2.10. The predicted molar refractivity (Wildman–Crippen MR) is 56.4 cm³/mol. The van der Waals surface area contributed by atoms with Gasteiger partial charge in [-0.1, -0.05) is 15.9 Å². The lowest BCUT2D eigenvalue weighted by atomic mass is 10.1. The van der Waals surface area contributed by atoms with Gasteiger partial charge in [0.25, 0.3) is 0 Å². The molecule has 0 atom stereocenters. The van der Waals surface area contributed by atoms with Crippen molar-refractivity contribution in [2.24, 2.45) is 0 Å². The number of carbonyl (C=O) groups is 1. The van der Waals surface area contributed by atoms with E-state index >= 15 is 0 Å². The summed E-state index contributed by atoms with van der Waals surface area (Å²) >= 11 is 3.10. The Morgan fingerprint density at radius 2 is 2.29 bits per heavy atom. The van der Waals surface area contributed by atoms with E-state index in [-0.39, 0.29) is 16.9 Å². The van der Waals surface area contributed by atoms with Crippen LogP contribution in [0.15, 0.2) is 24.4 Å². The molecule has 2 rings (SSSR count). The Morgan fingerprint density at radius 3 is 3.00 bits per heavy atom. The van der Waals surface area contributed by atoms with E-state index in [1.807, 2.05) is 0 Å². The van der Waals surface area contributed by atoms with Gasteiger partial charge in [0.15, 0.2) is 5.78 Å². The van der Waals surface area contributed by atoms with Gasteiger partial charge >= 0.3 is 0 Å². The van der Waals surface area contributed by atoms with E-state index in [2.05, 4.69) is 20.9 Å². The number of benzene rings is 1. The number of H-pyrrole nitrogens is 1. The highest BCUT2D eigenvalue weighted by Crippen LogP contribution is 2.19. The number of alkyl halides is 1. The summed E-state index contributed by atoms with van der Waals surface area (Å²) in [6, 6.07) is 4.33. The summed E-state index contributed by atoms with van der Waals surface area (Å²) in [7, 11) is 0. The molecule has 0 aliphatic rings. The minimum Gasteiger partial charge on any atom is -0.360 e. The number of fused-ring (bicyclic) bond motifs is 1. The number of carbonyl (C=O) groups excluding carboxylic acids is 1. The third-order valence-electron chi connectivity index (χ3n) is 2.07. The number of Topliss-reactive ketones (excluding diaryl/α,β-unsaturated/α-hetero) is 1. The largest absolute Gasteiger partial charge is 0.360 e. The zero-order valence-electron chi connectivity index (χ0n) is 7.18. The van der Waals surface area contributed by atoms with Crippen LogP contribution in [0.2, 0.25) is 0 Å². The number of aromatic amines is 1. The molecule has 0 saturated carbocycles. The summed E-state index contributed by atoms with van der Waals surface area (Å²) in [6.45, 7) is 0. The fourth-order valence-corrected chi connectivity index (χ4v) is 1.70. The molecule has 0 radical (unpaired) electrons. The first-order valence-corrected chi connectivity index (χ1v) is 5.20. The fraction of sp³-hybridized carbons (Fsp3) is 0.100. The van der Waals surface area contributed by atoms with Crippen LogP contribution in [-0.4, -0.2) is 16.1 Å². The van der Waals surface area contributed by atoms with Gasteiger partial charge in [0, 0.05) is 22.7 Å². The van der Waals surface area contributed by atoms with Crippen molar-refractivity contribution in [2.45, 2.75) is 0 Å². The van der Waals surface area contributed by atoms with E-state index in [9.17, 15) is 9.18 Å². The standard InChI is InChI=1S/C10H7BrFNO/c11-4-10(14)8-5-13-9-3-6(12)1-2-7(8)9/h1-3,5,13H,4H2. The molecule has 0 aliphatic heterocycles. The Morgan fingerprint density at radius 1 is 1.50 bits per heavy atom. The molecule has 2 nitrogen and oxygen atoms in total. The third-order valence-corrected chi connectivity index (χ3v) is 2.57. The van der Waals surface area contributed by atoms with Gasteiger partial charge in [-0.2, -0.15) is 0 Å². The van der Waals surface area contributed by atoms with Crippen LogP contribution in [0.4, 0.5) is 4.39 Å². The Kier molecular flexibility index (Phi) is 2.37. The van der Waals surface area contributed by atoms with E-state index < -0.39 is 0 Å². The number of hydrogen-bond acceptors (Lipinski definition) is 1. The van der Waals surface area contributed by atoms with Crippen molar-refractivity contribution < 1.29 is 9.18 Å². The molecule has 1 N–H and O–H groups in total. The van der Waals surface area contributed by atoms with Gasteiger partial charge in [-0.05, 0) is 18.2 Å². The molecular weight excluding hydrogens is 249 g/mol. The van der Waals surface area contributed by atoms with Gasteiger partial charge < -0.3 is 4.98 Å². The number of hydrogen-bond donors (Lipinski definition) is 1. The van der Waals surface area contributed by atoms with Crippen LogP contribution in [0.5, 0.6) is 0 Å². The average molecular weight is 256 g/mol. The van der Waals surface area contributed by atoms with Gasteiger partial charge in [0.05, 0.1) is 5.33 Å². The van der Waals surface area contributed by atoms with Gasteiger partial charge in [-0.15, -0.1) is 0 Å². The molecule has 0 spiro atoms. The van der Waals surface area contributed by atoms with Crippen molar-refractivity contribution in [3.8, 4) is 0 Å². The molecule has 0 bridgehead atoms. The highest BCUT2D eigenvalue weighted by molar-refractivity contribution is 9.09. The maximum Gasteiger partial charge on any atom is 0.175 e. The van der Waals surface area contributed by atoms with E-state index in [4.69, 9.17) is 0 Å². The first-order chi connectivity index (χ1) is 6.72. The zero-order valence-corrected chi connectivity index (χ0v) is 8.77. The van der Waals surface area contributed by atoms with Crippen molar-refractivity contribution in [1.29, 1.82) is 0 Å². The van der Waals surface area contributed by atoms with Crippen LogP contribution in [0.1, 0.15) is 10.4 Å². The van der Waals surface area contributed by atoms with Crippen LogP contribution in [-0.2, 0) is 0 Å². The van der Waals surface area contributed by atoms with Crippen molar-refractivity contribution in [2.75, 3.05) is 5.33 Å². The second-order valence-corrected chi connectivity index (χ2v) is 3.51. The van der Waals surface area contributed by atoms with Crippen molar-refractivity contribution in [1.82, 2.24) is 4.98 Å². The maximum atomic E-state index is 12.8. The lowest BCUT2D eigenvalue weighted by Crippen LogP contribution is -1.97. The van der Waals surface area contributed by atoms with Crippen molar-refractivity contribution >= 4 is 32.6 Å². The van der Waals surface area contributed by atoms with Crippen molar-refractivity contribution in [3.05, 3.63) is 35.8 Å². The Bertz CT molecular complexity index is 492. The molecule has 2 aromatic rings.